The Balaban J connectivity index is 0.000000352. The zero-order chi connectivity index (χ0) is 19.9. The summed E-state index contributed by atoms with van der Waals surface area (Å²) in [5.74, 6) is 0. The zero-order valence-electron chi connectivity index (χ0n) is 16.1. The fourth-order valence-corrected chi connectivity index (χ4v) is 5.07. The van der Waals surface area contributed by atoms with Crippen LogP contribution in [0.2, 0.25) is 0 Å². The number of nitrogens with zero attached hydrogens (tertiary/aromatic N) is 1. The molecule has 0 bridgehead atoms. The van der Waals surface area contributed by atoms with Gasteiger partial charge in [-0.3, -0.25) is 0 Å². The second-order valence-corrected chi connectivity index (χ2v) is 8.08. The van der Waals surface area contributed by atoms with Crippen LogP contribution in [0.1, 0.15) is 6.92 Å². The summed E-state index contributed by atoms with van der Waals surface area (Å²) in [4.78, 5) is 8.92. The third-order valence-corrected chi connectivity index (χ3v) is 6.40. The first-order chi connectivity index (χ1) is 13.9. The molecule has 0 amide bonds. The molecule has 29 heavy (non-hydrogen) atoms. The standard InChI is InChI=1S/C18H15P.C5H.C2H5NO.Co/c1-4-10-16(11-5-1)19(17-12-6-2-7-13-17)18-14-8-3-9-15-18;1-2-4-5-3-1;1-2-3-4;/h1-15H;1H;2H2,1H3;/q;-5;;/p+1. The van der Waals surface area contributed by atoms with Crippen molar-refractivity contribution in [2.75, 3.05) is 6.54 Å². The maximum atomic E-state index is 8.92. The zero-order valence-corrected chi connectivity index (χ0v) is 18.2. The molecular weight excluding hydrogens is 420 g/mol. The van der Waals surface area contributed by atoms with Gasteiger partial charge in [-0.05, 0) is 43.3 Å². The molecule has 0 atom stereocenters. The molecule has 0 saturated heterocycles. The first kappa shape index (κ1) is 24.6. The minimum atomic E-state index is -0.877. The first-order valence-electron chi connectivity index (χ1n) is 9.02. The Hall–Kier alpha value is -2.45. The monoisotopic (exact) mass is 442 g/mol. The quantitative estimate of drug-likeness (QED) is 0.259. The Kier molecular flexibility index (Phi) is 13.1. The van der Waals surface area contributed by atoms with Crippen molar-refractivity contribution in [2.45, 2.75) is 6.92 Å². The van der Waals surface area contributed by atoms with Crippen LogP contribution in [0, 0.1) is 29.2 Å². The summed E-state index contributed by atoms with van der Waals surface area (Å²) in [6.07, 6.45) is 0. The first-order valence-corrected chi connectivity index (χ1v) is 10.5. The average molecular weight is 442 g/mol. The molecule has 0 aromatic heterocycles. The topological polar surface area (TPSA) is 29.4 Å². The van der Waals surface area contributed by atoms with Crippen LogP contribution in [0.15, 0.2) is 102 Å². The maximum Gasteiger partial charge on any atom is 0.102 e. The smallest absolute Gasteiger partial charge is 0.102 e. The van der Waals surface area contributed by atoms with Gasteiger partial charge in [0.1, 0.15) is 15.9 Å². The Morgan fingerprint density at radius 1 is 0.724 bits per heavy atom. The fourth-order valence-electron chi connectivity index (χ4n) is 2.49. The van der Waals surface area contributed by atoms with Crippen LogP contribution in [0.4, 0.5) is 0 Å². The Bertz CT molecular complexity index is 758. The average Bonchev–Trinajstić information content (AvgIpc) is 3.37. The largest absolute Gasteiger partial charge is 0.999 e. The van der Waals surface area contributed by atoms with Gasteiger partial charge in [-0.25, -0.2) is 0 Å². The summed E-state index contributed by atoms with van der Waals surface area (Å²) in [7, 11) is -0.877. The molecule has 4 heteroatoms. The van der Waals surface area contributed by atoms with Crippen LogP contribution in [-0.2, 0) is 16.8 Å². The maximum absolute atomic E-state index is 8.92. The third kappa shape index (κ3) is 9.06. The van der Waals surface area contributed by atoms with Gasteiger partial charge in [0.25, 0.3) is 0 Å². The molecule has 0 spiro atoms. The van der Waals surface area contributed by atoms with Gasteiger partial charge in [-0.15, -0.1) is 0 Å². The van der Waals surface area contributed by atoms with Crippen molar-refractivity contribution >= 4 is 23.8 Å². The SMILES string of the molecule is CCN=O.[Co].[c-]1[c-][c-][cH-][c-]1.c1ccc([PH+](c2ccccc2)c2ccccc2)cc1. The van der Waals surface area contributed by atoms with Crippen LogP contribution in [-0.4, -0.2) is 6.54 Å². The van der Waals surface area contributed by atoms with E-state index in [1.165, 1.54) is 15.9 Å². The van der Waals surface area contributed by atoms with Gasteiger partial charge < -0.3 is 30.3 Å². The molecule has 0 N–H and O–H groups in total. The van der Waals surface area contributed by atoms with E-state index in [0.717, 1.165) is 0 Å². The number of nitroso groups, excluding NO2 is 1. The van der Waals surface area contributed by atoms with Gasteiger partial charge >= 0.3 is 0 Å². The minimum Gasteiger partial charge on any atom is -0.999 e. The van der Waals surface area contributed by atoms with Crippen molar-refractivity contribution in [2.24, 2.45) is 5.18 Å². The molecule has 0 heterocycles. The van der Waals surface area contributed by atoms with E-state index >= 15 is 0 Å². The van der Waals surface area contributed by atoms with Crippen molar-refractivity contribution in [3.8, 4) is 0 Å². The summed E-state index contributed by atoms with van der Waals surface area (Å²) in [6.45, 7) is 2.09. The Morgan fingerprint density at radius 3 is 1.24 bits per heavy atom. The molecule has 4 aromatic carbocycles. The molecule has 1 radical (unpaired) electrons. The van der Waals surface area contributed by atoms with Crippen LogP contribution in [0.3, 0.4) is 0 Å². The van der Waals surface area contributed by atoms with E-state index < -0.39 is 7.92 Å². The molecule has 2 nitrogen and oxygen atoms in total. The molecule has 4 rings (SSSR count). The molecule has 0 saturated carbocycles. The Labute approximate surface area is 185 Å². The molecule has 0 aliphatic rings. The molecule has 4 aromatic rings. The molecule has 0 fully saturated rings. The van der Waals surface area contributed by atoms with Gasteiger partial charge in [0, 0.05) is 16.8 Å². The van der Waals surface area contributed by atoms with Crippen molar-refractivity contribution < 1.29 is 16.8 Å². The predicted molar refractivity (Wildman–Crippen MR) is 120 cm³/mol. The van der Waals surface area contributed by atoms with Gasteiger partial charge in [-0.2, -0.15) is 4.91 Å². The summed E-state index contributed by atoms with van der Waals surface area (Å²) in [5.41, 5.74) is 0. The van der Waals surface area contributed by atoms with E-state index in [4.69, 9.17) is 4.91 Å². The van der Waals surface area contributed by atoms with Crippen molar-refractivity contribution in [1.82, 2.24) is 0 Å². The van der Waals surface area contributed by atoms with Crippen LogP contribution < -0.4 is 15.9 Å². The Morgan fingerprint density at radius 2 is 1.03 bits per heavy atom. The van der Waals surface area contributed by atoms with E-state index in [9.17, 15) is 0 Å². The minimum absolute atomic E-state index is 0. The predicted octanol–water partition coefficient (Wildman–Crippen LogP) is 4.55. The van der Waals surface area contributed by atoms with Crippen molar-refractivity contribution in [3.05, 3.63) is 126 Å². The second-order valence-electron chi connectivity index (χ2n) is 5.60. The van der Waals surface area contributed by atoms with Gasteiger partial charge in [-0.1, -0.05) is 59.8 Å². The van der Waals surface area contributed by atoms with Crippen molar-refractivity contribution in [3.63, 3.8) is 0 Å². The van der Waals surface area contributed by atoms with Gasteiger partial charge in [0.2, 0.25) is 0 Å². The van der Waals surface area contributed by atoms with Crippen LogP contribution in [0.5, 0.6) is 0 Å². The number of benzene rings is 3. The van der Waals surface area contributed by atoms with E-state index in [0.29, 0.717) is 6.54 Å². The number of hydrogen-bond acceptors (Lipinski definition) is 2. The summed E-state index contributed by atoms with van der Waals surface area (Å²) < 4.78 is 0. The van der Waals surface area contributed by atoms with E-state index in [1.807, 2.05) is 0 Å². The molecule has 151 valence electrons. The van der Waals surface area contributed by atoms with Gasteiger partial charge in [0.05, 0.1) is 14.5 Å². The van der Waals surface area contributed by atoms with Crippen LogP contribution >= 0.6 is 7.92 Å². The van der Waals surface area contributed by atoms with E-state index in [2.05, 4.69) is 120 Å². The number of rotatable bonds is 4. The van der Waals surface area contributed by atoms with E-state index in [-0.39, 0.29) is 16.8 Å². The van der Waals surface area contributed by atoms with Crippen molar-refractivity contribution in [1.29, 1.82) is 0 Å². The summed E-state index contributed by atoms with van der Waals surface area (Å²) >= 11 is 0. The van der Waals surface area contributed by atoms with Crippen LogP contribution in [0.25, 0.3) is 0 Å². The van der Waals surface area contributed by atoms with Gasteiger partial charge in [0.15, 0.2) is 0 Å². The molecule has 0 aliphatic heterocycles. The summed E-state index contributed by atoms with van der Waals surface area (Å²) in [6, 6.07) is 44.5. The number of hydrogen-bond donors (Lipinski definition) is 0. The van der Waals surface area contributed by atoms with E-state index in [1.54, 1.807) is 13.0 Å². The molecular formula is C25H22CoNOP-4. The molecule has 0 unspecified atom stereocenters. The fraction of sp³-hybridized carbons (Fsp3) is 0.0800. The summed E-state index contributed by atoms with van der Waals surface area (Å²) in [5, 5.41) is 6.79. The normalized spacial score (nSPS) is 9.17. The molecule has 0 aliphatic carbocycles. The third-order valence-electron chi connectivity index (χ3n) is 3.67. The second kappa shape index (κ2) is 15.5.